The first kappa shape index (κ1) is 28.1. The number of hydrogen-bond donors (Lipinski definition) is 2. The molecule has 0 aliphatic heterocycles. The second-order valence-corrected chi connectivity index (χ2v) is 8.27. The number of halogens is 3. The van der Waals surface area contributed by atoms with Crippen molar-refractivity contribution >= 4 is 22.8 Å². The van der Waals surface area contributed by atoms with Crippen molar-refractivity contribution in [2.45, 2.75) is 39.3 Å². The van der Waals surface area contributed by atoms with Gasteiger partial charge >= 0.3 is 12.3 Å². The van der Waals surface area contributed by atoms with Gasteiger partial charge in [0.15, 0.2) is 0 Å². The minimum atomic E-state index is -4.81. The van der Waals surface area contributed by atoms with Crippen LogP contribution in [0.15, 0.2) is 78.9 Å². The Balaban J connectivity index is 0.000000599. The number of aromatic nitrogens is 1. The smallest absolute Gasteiger partial charge is 0.487 e. The van der Waals surface area contributed by atoms with E-state index in [1.807, 2.05) is 25.1 Å². The number of carbonyl (C=O) groups excluding carboxylic acids is 1. The summed E-state index contributed by atoms with van der Waals surface area (Å²) in [5, 5.41) is 9.94. The van der Waals surface area contributed by atoms with Gasteiger partial charge < -0.3 is 24.9 Å². The van der Waals surface area contributed by atoms with Crippen molar-refractivity contribution in [2.24, 2.45) is 5.73 Å². The summed E-state index contributed by atoms with van der Waals surface area (Å²) >= 11 is 0. The number of primary amides is 1. The summed E-state index contributed by atoms with van der Waals surface area (Å²) in [5.41, 5.74) is 6.55. The standard InChI is InChI=1S/C24H18F3NO4.C4H9NO/c25-24(26,27)32-22-9-5-4-6-17(22)14-28-19(15-31-20-7-2-1-3-8-20)13-18-12-16(23(29)30)10-11-21(18)28;1-2-3-4(5)6/h1-13H,14-15H2,(H,29,30);2-3H2,1H3,(H2,5,6). The molecule has 0 saturated carbocycles. The van der Waals surface area contributed by atoms with Gasteiger partial charge in [-0.2, -0.15) is 0 Å². The minimum absolute atomic E-state index is 0.0790. The molecule has 0 saturated heterocycles. The van der Waals surface area contributed by atoms with E-state index < -0.39 is 12.3 Å². The summed E-state index contributed by atoms with van der Waals surface area (Å²) in [6.07, 6.45) is -3.44. The molecule has 0 aliphatic rings. The summed E-state index contributed by atoms with van der Waals surface area (Å²) in [5.74, 6) is -0.932. The summed E-state index contributed by atoms with van der Waals surface area (Å²) in [4.78, 5) is 21.2. The van der Waals surface area contributed by atoms with Crippen LogP contribution in [0.3, 0.4) is 0 Å². The summed E-state index contributed by atoms with van der Waals surface area (Å²) in [6.45, 7) is 2.14. The van der Waals surface area contributed by atoms with Gasteiger partial charge in [-0.25, -0.2) is 4.79 Å². The van der Waals surface area contributed by atoms with Gasteiger partial charge in [0.25, 0.3) is 0 Å². The zero-order chi connectivity index (χ0) is 27.7. The van der Waals surface area contributed by atoms with Gasteiger partial charge in [-0.3, -0.25) is 4.79 Å². The first-order chi connectivity index (χ1) is 18.1. The Kier molecular flexibility index (Phi) is 9.37. The van der Waals surface area contributed by atoms with Crippen molar-refractivity contribution in [3.8, 4) is 11.5 Å². The summed E-state index contributed by atoms with van der Waals surface area (Å²) in [6, 6.07) is 21.4. The Bertz CT molecular complexity index is 1380. The lowest BCUT2D eigenvalue weighted by molar-refractivity contribution is -0.274. The number of carboxylic acid groups (broad SMARTS) is 1. The predicted octanol–water partition coefficient (Wildman–Crippen LogP) is 6.14. The number of fused-ring (bicyclic) bond motifs is 1. The highest BCUT2D eigenvalue weighted by Crippen LogP contribution is 2.30. The van der Waals surface area contributed by atoms with E-state index in [-0.39, 0.29) is 30.4 Å². The van der Waals surface area contributed by atoms with E-state index in [1.54, 1.807) is 41.0 Å². The molecule has 7 nitrogen and oxygen atoms in total. The van der Waals surface area contributed by atoms with Gasteiger partial charge in [0.05, 0.1) is 17.8 Å². The van der Waals surface area contributed by atoms with Gasteiger partial charge in [-0.05, 0) is 48.9 Å². The maximum atomic E-state index is 12.9. The number of rotatable bonds is 9. The molecule has 0 radical (unpaired) electrons. The molecular formula is C28H27F3N2O5. The Labute approximate surface area is 217 Å². The lowest BCUT2D eigenvalue weighted by Crippen LogP contribution is -2.18. The zero-order valence-electron chi connectivity index (χ0n) is 20.6. The molecule has 10 heteroatoms. The molecule has 0 bridgehead atoms. The van der Waals surface area contributed by atoms with Crippen LogP contribution in [0.25, 0.3) is 10.9 Å². The van der Waals surface area contributed by atoms with Crippen molar-refractivity contribution in [3.05, 3.63) is 95.7 Å². The molecule has 0 atom stereocenters. The van der Waals surface area contributed by atoms with E-state index in [1.165, 1.54) is 24.3 Å². The number of nitrogens with zero attached hydrogens (tertiary/aromatic N) is 1. The van der Waals surface area contributed by atoms with E-state index in [0.29, 0.717) is 34.3 Å². The van der Waals surface area contributed by atoms with E-state index in [4.69, 9.17) is 10.5 Å². The molecule has 3 N–H and O–H groups in total. The molecule has 38 heavy (non-hydrogen) atoms. The van der Waals surface area contributed by atoms with Gasteiger partial charge in [0.2, 0.25) is 5.91 Å². The van der Waals surface area contributed by atoms with Crippen LogP contribution in [0.5, 0.6) is 11.5 Å². The largest absolute Gasteiger partial charge is 0.573 e. The molecule has 1 aromatic heterocycles. The fraction of sp³-hybridized carbons (Fsp3) is 0.214. The molecule has 4 rings (SSSR count). The molecular weight excluding hydrogens is 501 g/mol. The van der Waals surface area contributed by atoms with Crippen molar-refractivity contribution < 1.29 is 37.3 Å². The molecule has 3 aromatic carbocycles. The molecule has 0 aliphatic carbocycles. The zero-order valence-corrected chi connectivity index (χ0v) is 20.6. The van der Waals surface area contributed by atoms with Crippen LogP contribution in [0.2, 0.25) is 0 Å². The van der Waals surface area contributed by atoms with Gasteiger partial charge in [0, 0.05) is 22.9 Å². The lowest BCUT2D eigenvalue weighted by atomic mass is 10.1. The van der Waals surface area contributed by atoms with Crippen LogP contribution in [0.1, 0.15) is 41.4 Å². The number of benzene rings is 3. The van der Waals surface area contributed by atoms with Crippen molar-refractivity contribution in [2.75, 3.05) is 0 Å². The van der Waals surface area contributed by atoms with Crippen LogP contribution in [0, 0.1) is 0 Å². The molecule has 0 unspecified atom stereocenters. The number of para-hydroxylation sites is 2. The highest BCUT2D eigenvalue weighted by Gasteiger charge is 2.32. The molecule has 4 aromatic rings. The Morgan fingerprint density at radius 1 is 0.974 bits per heavy atom. The number of alkyl halides is 3. The fourth-order valence-electron chi connectivity index (χ4n) is 3.72. The van der Waals surface area contributed by atoms with Crippen LogP contribution < -0.4 is 15.2 Å². The number of aromatic carboxylic acids is 1. The average molecular weight is 529 g/mol. The van der Waals surface area contributed by atoms with Crippen LogP contribution in [0.4, 0.5) is 13.2 Å². The molecule has 200 valence electrons. The second-order valence-electron chi connectivity index (χ2n) is 8.27. The third-order valence-electron chi connectivity index (χ3n) is 5.39. The molecule has 1 heterocycles. The van der Waals surface area contributed by atoms with Crippen LogP contribution in [-0.4, -0.2) is 27.9 Å². The van der Waals surface area contributed by atoms with Crippen LogP contribution >= 0.6 is 0 Å². The Hall–Kier alpha value is -4.47. The van der Waals surface area contributed by atoms with Gasteiger partial charge in [0.1, 0.15) is 18.1 Å². The monoisotopic (exact) mass is 528 g/mol. The number of carbonyl (C=O) groups is 2. The maximum Gasteiger partial charge on any atom is 0.573 e. The van der Waals surface area contributed by atoms with E-state index in [0.717, 1.165) is 6.42 Å². The summed E-state index contributed by atoms with van der Waals surface area (Å²) < 4.78 is 50.4. The van der Waals surface area contributed by atoms with E-state index in [2.05, 4.69) is 4.74 Å². The molecule has 1 amide bonds. The van der Waals surface area contributed by atoms with Crippen LogP contribution in [-0.2, 0) is 17.9 Å². The third-order valence-corrected chi connectivity index (χ3v) is 5.39. The van der Waals surface area contributed by atoms with Crippen molar-refractivity contribution in [1.29, 1.82) is 0 Å². The topological polar surface area (TPSA) is 104 Å². The first-order valence-electron chi connectivity index (χ1n) is 11.7. The van der Waals surface area contributed by atoms with E-state index in [9.17, 15) is 27.9 Å². The number of carboxylic acids is 1. The number of amides is 1. The molecule has 0 fully saturated rings. The number of hydrogen-bond acceptors (Lipinski definition) is 4. The highest BCUT2D eigenvalue weighted by molar-refractivity contribution is 5.94. The minimum Gasteiger partial charge on any atom is -0.487 e. The normalized spacial score (nSPS) is 10.9. The maximum absolute atomic E-state index is 12.9. The highest BCUT2D eigenvalue weighted by atomic mass is 19.4. The number of ether oxygens (including phenoxy) is 2. The average Bonchev–Trinajstić information content (AvgIpc) is 3.20. The van der Waals surface area contributed by atoms with Gasteiger partial charge in [-0.15, -0.1) is 13.2 Å². The summed E-state index contributed by atoms with van der Waals surface area (Å²) in [7, 11) is 0. The van der Waals surface area contributed by atoms with Gasteiger partial charge in [-0.1, -0.05) is 43.3 Å². The second kappa shape index (κ2) is 12.7. The quantitative estimate of drug-likeness (QED) is 0.272. The van der Waals surface area contributed by atoms with Crippen molar-refractivity contribution in [1.82, 2.24) is 4.57 Å². The fourth-order valence-corrected chi connectivity index (χ4v) is 3.72. The number of nitrogens with two attached hydrogens (primary N) is 1. The predicted molar refractivity (Wildman–Crippen MR) is 136 cm³/mol. The SMILES string of the molecule is CCCC(N)=O.O=C(O)c1ccc2c(c1)cc(COc1ccccc1)n2Cc1ccccc1OC(F)(F)F. The van der Waals surface area contributed by atoms with E-state index >= 15 is 0 Å². The first-order valence-corrected chi connectivity index (χ1v) is 11.7. The van der Waals surface area contributed by atoms with Crippen molar-refractivity contribution in [3.63, 3.8) is 0 Å². The Morgan fingerprint density at radius 3 is 2.26 bits per heavy atom. The third kappa shape index (κ3) is 8.02. The lowest BCUT2D eigenvalue weighted by Gasteiger charge is -2.16. The molecule has 0 spiro atoms. The Morgan fingerprint density at radius 2 is 1.66 bits per heavy atom.